The lowest BCUT2D eigenvalue weighted by atomic mass is 9.75. The normalized spacial score (nSPS) is 26.5. The number of hydrogen-bond acceptors (Lipinski definition) is 5. The number of piperidine rings is 3. The van der Waals surface area contributed by atoms with Gasteiger partial charge in [-0.2, -0.15) is 0 Å². The van der Waals surface area contributed by atoms with E-state index in [4.69, 9.17) is 0 Å². The first-order valence-corrected chi connectivity index (χ1v) is 10.2. The molecule has 7 nitrogen and oxygen atoms in total. The van der Waals surface area contributed by atoms with Crippen LogP contribution in [-0.2, 0) is 23.5 Å². The predicted molar refractivity (Wildman–Crippen MR) is 105 cm³/mol. The standard InChI is InChI=1S/C21H28FN5O2/c1-21(2,29)19-13-27(25-24-19)11-17-9-15-7-8-26(17)12-18(15)20(28)23-10-14-3-5-16(22)6-4-14/h3-6,13,15,17-18,29H,7-12H2,1-2H3,(H,23,28)/t15-,17+,18-/m0/s1. The van der Waals surface area contributed by atoms with Gasteiger partial charge in [0, 0.05) is 19.1 Å². The fourth-order valence-electron chi connectivity index (χ4n) is 4.43. The number of nitrogens with zero attached hydrogens (tertiary/aromatic N) is 4. The van der Waals surface area contributed by atoms with E-state index in [2.05, 4.69) is 20.5 Å². The molecule has 156 valence electrons. The molecule has 0 aliphatic carbocycles. The van der Waals surface area contributed by atoms with Crippen LogP contribution in [0.3, 0.4) is 0 Å². The number of amides is 1. The summed E-state index contributed by atoms with van der Waals surface area (Å²) >= 11 is 0. The van der Waals surface area contributed by atoms with Gasteiger partial charge in [-0.25, -0.2) is 4.39 Å². The van der Waals surface area contributed by atoms with Gasteiger partial charge in [-0.3, -0.25) is 14.4 Å². The van der Waals surface area contributed by atoms with Gasteiger partial charge in [0.05, 0.1) is 18.7 Å². The second kappa shape index (κ2) is 7.84. The van der Waals surface area contributed by atoms with Crippen molar-refractivity contribution in [1.82, 2.24) is 25.2 Å². The van der Waals surface area contributed by atoms with E-state index >= 15 is 0 Å². The lowest BCUT2D eigenvalue weighted by Gasteiger charge is -2.49. The molecule has 3 saturated heterocycles. The molecule has 29 heavy (non-hydrogen) atoms. The van der Waals surface area contributed by atoms with Gasteiger partial charge in [0.25, 0.3) is 0 Å². The fourth-order valence-corrected chi connectivity index (χ4v) is 4.43. The Hall–Kier alpha value is -2.32. The van der Waals surface area contributed by atoms with Crippen molar-refractivity contribution in [1.29, 1.82) is 0 Å². The van der Waals surface area contributed by atoms with Crippen LogP contribution < -0.4 is 5.32 Å². The summed E-state index contributed by atoms with van der Waals surface area (Å²) in [5, 5.41) is 21.3. The van der Waals surface area contributed by atoms with Gasteiger partial charge in [0.2, 0.25) is 5.91 Å². The summed E-state index contributed by atoms with van der Waals surface area (Å²) in [7, 11) is 0. The zero-order valence-corrected chi connectivity index (χ0v) is 16.9. The van der Waals surface area contributed by atoms with Crippen LogP contribution in [0.2, 0.25) is 0 Å². The third-order valence-corrected chi connectivity index (χ3v) is 6.16. The number of aliphatic hydroxyl groups is 1. The molecular weight excluding hydrogens is 373 g/mol. The van der Waals surface area contributed by atoms with Crippen molar-refractivity contribution in [2.24, 2.45) is 11.8 Å². The van der Waals surface area contributed by atoms with Crippen LogP contribution in [0.4, 0.5) is 4.39 Å². The molecule has 0 radical (unpaired) electrons. The molecule has 1 aromatic heterocycles. The van der Waals surface area contributed by atoms with E-state index < -0.39 is 5.60 Å². The summed E-state index contributed by atoms with van der Waals surface area (Å²) in [4.78, 5) is 15.1. The Morgan fingerprint density at radius 2 is 2.10 bits per heavy atom. The zero-order chi connectivity index (χ0) is 20.6. The van der Waals surface area contributed by atoms with Gasteiger partial charge < -0.3 is 10.4 Å². The number of aromatic nitrogens is 3. The summed E-state index contributed by atoms with van der Waals surface area (Å²) in [6.07, 6.45) is 3.78. The smallest absolute Gasteiger partial charge is 0.224 e. The second-order valence-electron chi connectivity index (χ2n) is 8.77. The minimum Gasteiger partial charge on any atom is -0.384 e. The highest BCUT2D eigenvalue weighted by atomic mass is 19.1. The minimum atomic E-state index is -1.00. The van der Waals surface area contributed by atoms with Crippen molar-refractivity contribution in [2.75, 3.05) is 13.1 Å². The Balaban J connectivity index is 1.33. The lowest BCUT2D eigenvalue weighted by Crippen LogP contribution is -2.58. The number of halogens is 1. The summed E-state index contributed by atoms with van der Waals surface area (Å²) in [5.41, 5.74) is 0.455. The fraction of sp³-hybridized carbons (Fsp3) is 0.571. The molecule has 2 aromatic rings. The molecule has 3 fully saturated rings. The Kier molecular flexibility index (Phi) is 5.40. The quantitative estimate of drug-likeness (QED) is 0.769. The van der Waals surface area contributed by atoms with Crippen LogP contribution in [-0.4, -0.2) is 50.0 Å². The minimum absolute atomic E-state index is 0.0110. The summed E-state index contributed by atoms with van der Waals surface area (Å²) in [5.74, 6) is 0.150. The number of hydrogen-bond donors (Lipinski definition) is 2. The third kappa shape index (κ3) is 4.48. The van der Waals surface area contributed by atoms with Gasteiger partial charge in [0.1, 0.15) is 17.1 Å². The maximum atomic E-state index is 13.0. The number of benzene rings is 1. The summed E-state index contributed by atoms with van der Waals surface area (Å²) < 4.78 is 14.8. The van der Waals surface area contributed by atoms with Crippen molar-refractivity contribution in [3.8, 4) is 0 Å². The SMILES string of the molecule is CC(C)(O)c1cn(C[C@H]2C[C@@H]3CCN2C[C@@H]3C(=O)NCc2ccc(F)cc2)nn1. The van der Waals surface area contributed by atoms with E-state index in [9.17, 15) is 14.3 Å². The molecular formula is C21H28FN5O2. The van der Waals surface area contributed by atoms with Crippen molar-refractivity contribution < 1.29 is 14.3 Å². The van der Waals surface area contributed by atoms with Gasteiger partial charge in [-0.15, -0.1) is 5.10 Å². The van der Waals surface area contributed by atoms with Gasteiger partial charge in [-0.1, -0.05) is 17.3 Å². The van der Waals surface area contributed by atoms with Gasteiger partial charge in [-0.05, 0) is 56.8 Å². The zero-order valence-electron chi connectivity index (χ0n) is 16.9. The maximum Gasteiger partial charge on any atom is 0.224 e. The van der Waals surface area contributed by atoms with E-state index in [0.717, 1.165) is 31.5 Å². The Morgan fingerprint density at radius 3 is 2.72 bits per heavy atom. The molecule has 2 N–H and O–H groups in total. The van der Waals surface area contributed by atoms with E-state index in [-0.39, 0.29) is 17.6 Å². The monoisotopic (exact) mass is 401 g/mol. The van der Waals surface area contributed by atoms with Gasteiger partial charge in [0.15, 0.2) is 0 Å². The average molecular weight is 401 g/mol. The van der Waals surface area contributed by atoms with E-state index in [1.165, 1.54) is 12.1 Å². The van der Waals surface area contributed by atoms with Crippen LogP contribution in [0.15, 0.2) is 30.5 Å². The van der Waals surface area contributed by atoms with Crippen LogP contribution in [0.1, 0.15) is 37.9 Å². The molecule has 4 atom stereocenters. The first-order chi connectivity index (χ1) is 13.8. The predicted octanol–water partition coefficient (Wildman–Crippen LogP) is 1.67. The highest BCUT2D eigenvalue weighted by Crippen LogP contribution is 2.37. The van der Waals surface area contributed by atoms with Crippen molar-refractivity contribution in [3.63, 3.8) is 0 Å². The summed E-state index contributed by atoms with van der Waals surface area (Å²) in [6, 6.07) is 6.54. The van der Waals surface area contributed by atoms with Crippen LogP contribution in [0.25, 0.3) is 0 Å². The molecule has 5 rings (SSSR count). The topological polar surface area (TPSA) is 83.3 Å². The molecule has 8 heteroatoms. The third-order valence-electron chi connectivity index (χ3n) is 6.16. The van der Waals surface area contributed by atoms with E-state index in [1.807, 2.05) is 0 Å². The molecule has 1 amide bonds. The van der Waals surface area contributed by atoms with Crippen molar-refractivity contribution in [2.45, 2.75) is 51.4 Å². The first kappa shape index (κ1) is 20.0. The molecule has 3 aliphatic heterocycles. The van der Waals surface area contributed by atoms with Crippen molar-refractivity contribution >= 4 is 5.91 Å². The van der Waals surface area contributed by atoms with Crippen LogP contribution >= 0.6 is 0 Å². The van der Waals surface area contributed by atoms with Crippen LogP contribution in [0, 0.1) is 17.7 Å². The van der Waals surface area contributed by atoms with Crippen LogP contribution in [0.5, 0.6) is 0 Å². The Bertz CT molecular complexity index is 861. The molecule has 1 unspecified atom stereocenters. The number of carbonyl (C=O) groups is 1. The first-order valence-electron chi connectivity index (χ1n) is 10.2. The second-order valence-corrected chi connectivity index (χ2v) is 8.77. The summed E-state index contributed by atoms with van der Waals surface area (Å²) in [6.45, 7) is 6.26. The highest BCUT2D eigenvalue weighted by molar-refractivity contribution is 5.79. The largest absolute Gasteiger partial charge is 0.384 e. The molecule has 0 saturated carbocycles. The Labute approximate surface area is 169 Å². The molecule has 3 aliphatic rings. The van der Waals surface area contributed by atoms with E-state index in [1.54, 1.807) is 36.9 Å². The number of rotatable bonds is 6. The maximum absolute atomic E-state index is 13.0. The Morgan fingerprint density at radius 1 is 1.34 bits per heavy atom. The number of carbonyl (C=O) groups excluding carboxylic acids is 1. The van der Waals surface area contributed by atoms with E-state index in [0.29, 0.717) is 30.7 Å². The van der Waals surface area contributed by atoms with Gasteiger partial charge >= 0.3 is 0 Å². The van der Waals surface area contributed by atoms with Crippen molar-refractivity contribution in [3.05, 3.63) is 47.5 Å². The number of fused-ring (bicyclic) bond motifs is 3. The highest BCUT2D eigenvalue weighted by Gasteiger charge is 2.43. The average Bonchev–Trinajstić information content (AvgIpc) is 3.17. The molecule has 4 heterocycles. The molecule has 2 bridgehead atoms. The number of nitrogens with one attached hydrogen (secondary N) is 1. The molecule has 1 aromatic carbocycles. The lowest BCUT2D eigenvalue weighted by molar-refractivity contribution is -0.133. The molecule has 0 spiro atoms.